The fourth-order valence-electron chi connectivity index (χ4n) is 4.19. The predicted octanol–water partition coefficient (Wildman–Crippen LogP) is 4.76. The number of carbonyl (C=O) groups is 2. The highest BCUT2D eigenvalue weighted by Gasteiger charge is 2.28. The molecule has 0 aliphatic heterocycles. The number of nitrogens with zero attached hydrogens (tertiary/aromatic N) is 2. The Bertz CT molecular complexity index is 1410. The van der Waals surface area contributed by atoms with Gasteiger partial charge in [0, 0.05) is 29.1 Å². The first kappa shape index (κ1) is 20.7. The topological polar surface area (TPSA) is 110 Å². The number of furan rings is 2. The Morgan fingerprint density at radius 3 is 2.76 bits per heavy atom. The van der Waals surface area contributed by atoms with Gasteiger partial charge < -0.3 is 14.2 Å². The fraction of sp³-hybridized carbons (Fsp3) is 0.200. The molecule has 2 amide bonds. The highest BCUT2D eigenvalue weighted by atomic mass is 16.4. The van der Waals surface area contributed by atoms with Crippen LogP contribution in [-0.2, 0) is 6.42 Å². The minimum absolute atomic E-state index is 0.243. The number of benzene rings is 1. The Kier molecular flexibility index (Phi) is 5.26. The van der Waals surface area contributed by atoms with Crippen LogP contribution >= 0.6 is 0 Å². The van der Waals surface area contributed by atoms with E-state index in [9.17, 15) is 9.59 Å². The lowest BCUT2D eigenvalue weighted by Gasteiger charge is -2.13. The summed E-state index contributed by atoms with van der Waals surface area (Å²) in [4.78, 5) is 29.9. The second kappa shape index (κ2) is 8.38. The van der Waals surface area contributed by atoms with Crippen molar-refractivity contribution in [3.63, 3.8) is 0 Å². The van der Waals surface area contributed by atoms with Crippen molar-refractivity contribution in [3.05, 3.63) is 82.8 Å². The molecule has 8 heteroatoms. The molecule has 0 spiro atoms. The van der Waals surface area contributed by atoms with Gasteiger partial charge in [-0.15, -0.1) is 0 Å². The number of aromatic nitrogens is 1. The average molecular weight is 442 g/mol. The highest BCUT2D eigenvalue weighted by molar-refractivity contribution is 6.11. The minimum Gasteiger partial charge on any atom is -0.469 e. The number of hydrazone groups is 1. The highest BCUT2D eigenvalue weighted by Crippen LogP contribution is 2.31. The van der Waals surface area contributed by atoms with Gasteiger partial charge in [0.1, 0.15) is 11.5 Å². The average Bonchev–Trinajstić information content (AvgIpc) is 3.41. The van der Waals surface area contributed by atoms with Crippen LogP contribution in [0.4, 0.5) is 5.69 Å². The zero-order chi connectivity index (χ0) is 22.9. The van der Waals surface area contributed by atoms with Gasteiger partial charge in [-0.3, -0.25) is 14.6 Å². The van der Waals surface area contributed by atoms with Crippen molar-refractivity contribution in [2.75, 3.05) is 5.32 Å². The van der Waals surface area contributed by atoms with Crippen LogP contribution in [0.25, 0.3) is 10.9 Å². The van der Waals surface area contributed by atoms with Gasteiger partial charge in [-0.25, -0.2) is 5.43 Å². The molecule has 1 aliphatic rings. The zero-order valence-electron chi connectivity index (χ0n) is 18.3. The summed E-state index contributed by atoms with van der Waals surface area (Å²) in [6.45, 7) is 3.56. The summed E-state index contributed by atoms with van der Waals surface area (Å²) >= 11 is 0. The monoisotopic (exact) mass is 442 g/mol. The van der Waals surface area contributed by atoms with Gasteiger partial charge >= 0.3 is 0 Å². The smallest absolute Gasteiger partial charge is 0.291 e. The fourth-order valence-corrected chi connectivity index (χ4v) is 4.19. The Morgan fingerprint density at radius 1 is 1.06 bits per heavy atom. The molecular weight excluding hydrogens is 420 g/mol. The number of aryl methyl sites for hydroxylation is 2. The summed E-state index contributed by atoms with van der Waals surface area (Å²) in [5, 5.41) is 8.15. The SMILES string of the molecule is Cc1occc1C(=O)N/N=C1\CCCc2oc(C(=O)Nc3cccc4ncccc34)c(C)c21. The first-order chi connectivity index (χ1) is 16.0. The standard InChI is InChI=1S/C25H22N4O4/c1-14-22-20(28-29-24(30)16-11-13-32-15(16)2)9-4-10-21(22)33-23(14)25(31)27-19-8-3-7-18-17(19)6-5-12-26-18/h3,5-8,11-13H,4,9-10H2,1-2H3,(H,27,31)(H,29,30)/b28-20+. The normalized spacial score (nSPS) is 14.3. The van der Waals surface area contributed by atoms with E-state index in [1.165, 1.54) is 6.26 Å². The van der Waals surface area contributed by atoms with Gasteiger partial charge in [-0.2, -0.15) is 5.10 Å². The van der Waals surface area contributed by atoms with Crippen LogP contribution in [0.2, 0.25) is 0 Å². The summed E-state index contributed by atoms with van der Waals surface area (Å²) in [6.07, 6.45) is 5.37. The number of hydrogen-bond acceptors (Lipinski definition) is 6. The van der Waals surface area contributed by atoms with Crippen LogP contribution < -0.4 is 10.7 Å². The predicted molar refractivity (Wildman–Crippen MR) is 124 cm³/mol. The molecule has 2 N–H and O–H groups in total. The van der Waals surface area contributed by atoms with Gasteiger partial charge in [-0.1, -0.05) is 6.07 Å². The van der Waals surface area contributed by atoms with E-state index in [1.54, 1.807) is 19.2 Å². The quantitative estimate of drug-likeness (QED) is 0.443. The van der Waals surface area contributed by atoms with Crippen molar-refractivity contribution < 1.29 is 18.4 Å². The lowest BCUT2D eigenvalue weighted by atomic mass is 9.93. The zero-order valence-corrected chi connectivity index (χ0v) is 18.3. The first-order valence-corrected chi connectivity index (χ1v) is 10.7. The van der Waals surface area contributed by atoms with Crippen LogP contribution in [0.15, 0.2) is 62.8 Å². The Hall–Kier alpha value is -4.20. The van der Waals surface area contributed by atoms with Crippen LogP contribution in [0, 0.1) is 13.8 Å². The molecule has 0 radical (unpaired) electrons. The third-order valence-electron chi connectivity index (χ3n) is 5.82. The first-order valence-electron chi connectivity index (χ1n) is 10.7. The molecular formula is C25H22N4O4. The Labute approximate surface area is 189 Å². The van der Waals surface area contributed by atoms with Gasteiger partial charge in [0.05, 0.1) is 28.7 Å². The van der Waals surface area contributed by atoms with E-state index >= 15 is 0 Å². The van der Waals surface area contributed by atoms with E-state index in [2.05, 4.69) is 20.8 Å². The van der Waals surface area contributed by atoms with Gasteiger partial charge in [0.2, 0.25) is 0 Å². The molecule has 0 saturated carbocycles. The summed E-state index contributed by atoms with van der Waals surface area (Å²) in [5.41, 5.74) is 6.68. The molecule has 1 aliphatic carbocycles. The molecule has 1 aromatic carbocycles. The largest absolute Gasteiger partial charge is 0.469 e. The second-order valence-corrected chi connectivity index (χ2v) is 7.93. The third kappa shape index (κ3) is 3.80. The number of anilines is 1. The molecule has 5 rings (SSSR count). The van der Waals surface area contributed by atoms with Gasteiger partial charge in [0.15, 0.2) is 5.76 Å². The number of fused-ring (bicyclic) bond motifs is 2. The number of hydrogen-bond donors (Lipinski definition) is 2. The van der Waals surface area contributed by atoms with E-state index in [0.29, 0.717) is 46.9 Å². The molecule has 0 bridgehead atoms. The van der Waals surface area contributed by atoms with E-state index in [-0.39, 0.29) is 17.6 Å². The van der Waals surface area contributed by atoms with Crippen LogP contribution in [0.5, 0.6) is 0 Å². The van der Waals surface area contributed by atoms with Crippen molar-refractivity contribution in [1.82, 2.24) is 10.4 Å². The van der Waals surface area contributed by atoms with E-state index in [4.69, 9.17) is 8.83 Å². The van der Waals surface area contributed by atoms with Crippen LogP contribution in [0.3, 0.4) is 0 Å². The molecule has 0 saturated heterocycles. The van der Waals surface area contributed by atoms with Crippen molar-refractivity contribution in [2.45, 2.75) is 33.1 Å². The Morgan fingerprint density at radius 2 is 1.94 bits per heavy atom. The molecule has 0 atom stereocenters. The number of carbonyl (C=O) groups excluding carboxylic acids is 2. The summed E-state index contributed by atoms with van der Waals surface area (Å²) < 4.78 is 11.2. The number of amides is 2. The van der Waals surface area contributed by atoms with Crippen molar-refractivity contribution >= 4 is 34.1 Å². The number of rotatable bonds is 4. The number of pyridine rings is 1. The molecule has 33 heavy (non-hydrogen) atoms. The van der Waals surface area contributed by atoms with E-state index < -0.39 is 0 Å². The van der Waals surface area contributed by atoms with Crippen LogP contribution in [0.1, 0.15) is 56.4 Å². The maximum absolute atomic E-state index is 13.1. The van der Waals surface area contributed by atoms with Crippen molar-refractivity contribution in [1.29, 1.82) is 0 Å². The molecule has 3 aromatic heterocycles. The van der Waals surface area contributed by atoms with E-state index in [1.807, 2.05) is 37.3 Å². The lowest BCUT2D eigenvalue weighted by Crippen LogP contribution is -2.22. The molecule has 0 unspecified atom stereocenters. The van der Waals surface area contributed by atoms with Crippen LogP contribution in [-0.4, -0.2) is 22.5 Å². The van der Waals surface area contributed by atoms with Gasteiger partial charge in [0.25, 0.3) is 11.8 Å². The maximum Gasteiger partial charge on any atom is 0.291 e. The third-order valence-corrected chi connectivity index (χ3v) is 5.82. The maximum atomic E-state index is 13.1. The second-order valence-electron chi connectivity index (χ2n) is 7.93. The molecule has 8 nitrogen and oxygen atoms in total. The summed E-state index contributed by atoms with van der Waals surface area (Å²) in [5.74, 6) is 0.794. The molecule has 166 valence electrons. The Balaban J connectivity index is 1.42. The van der Waals surface area contributed by atoms with E-state index in [0.717, 1.165) is 22.9 Å². The molecule has 4 aromatic rings. The lowest BCUT2D eigenvalue weighted by molar-refractivity contribution is 0.0952. The number of nitrogens with one attached hydrogen (secondary N) is 2. The summed E-state index contributed by atoms with van der Waals surface area (Å²) in [6, 6.07) is 10.9. The molecule has 3 heterocycles. The van der Waals surface area contributed by atoms with Gasteiger partial charge in [-0.05, 0) is 57.0 Å². The summed E-state index contributed by atoms with van der Waals surface area (Å²) in [7, 11) is 0. The van der Waals surface area contributed by atoms with Crippen molar-refractivity contribution in [3.8, 4) is 0 Å². The minimum atomic E-state index is -0.343. The van der Waals surface area contributed by atoms with Crippen molar-refractivity contribution in [2.24, 2.45) is 5.10 Å². The molecule has 0 fully saturated rings.